The zero-order chi connectivity index (χ0) is 30.6. The molecule has 1 aliphatic carbocycles. The van der Waals surface area contributed by atoms with Gasteiger partial charge >= 0.3 is 0 Å². The fourth-order valence-corrected chi connectivity index (χ4v) is 11.6. The van der Waals surface area contributed by atoms with Crippen molar-refractivity contribution in [1.82, 2.24) is 20.1 Å². The van der Waals surface area contributed by atoms with Gasteiger partial charge < -0.3 is 15.4 Å². The first kappa shape index (κ1) is 30.1. The van der Waals surface area contributed by atoms with Gasteiger partial charge in [-0.25, -0.2) is 0 Å². The van der Waals surface area contributed by atoms with E-state index in [1.165, 1.54) is 54.3 Å². The smallest absolute Gasteiger partial charge is 0.131 e. The van der Waals surface area contributed by atoms with Crippen LogP contribution in [-0.4, -0.2) is 75.6 Å². The van der Waals surface area contributed by atoms with Crippen molar-refractivity contribution in [3.8, 4) is 0 Å². The van der Waals surface area contributed by atoms with Gasteiger partial charge in [0.05, 0.1) is 17.7 Å². The van der Waals surface area contributed by atoms with Crippen LogP contribution in [0.5, 0.6) is 0 Å². The second-order valence-electron chi connectivity index (χ2n) is 15.5. The average Bonchev–Trinajstić information content (AvgIpc) is 3.51. The summed E-state index contributed by atoms with van der Waals surface area (Å²) in [5.41, 5.74) is 3.75. The van der Waals surface area contributed by atoms with Crippen LogP contribution in [0.15, 0.2) is 48.6 Å². The van der Waals surface area contributed by atoms with Crippen molar-refractivity contribution in [3.63, 3.8) is 0 Å². The van der Waals surface area contributed by atoms with E-state index in [9.17, 15) is 9.90 Å². The summed E-state index contributed by atoms with van der Waals surface area (Å²) in [5.74, 6) is 0.770. The van der Waals surface area contributed by atoms with Crippen molar-refractivity contribution in [2.45, 2.75) is 120 Å². The lowest BCUT2D eigenvalue weighted by Gasteiger charge is -2.64. The number of piperidine rings is 1. The van der Waals surface area contributed by atoms with E-state index in [0.717, 1.165) is 71.1 Å². The molecule has 2 aromatic rings. The SMILES string of the molecule is CC(=O)C[C@H]1CC2C(C3c4[nH]c5ccccc5c4CCN31)C(O)C13CC/C=C\CCCCN1CC21CC/C=C\CCCCNC13. The standard InChI is InChI=1S/C39H54N4O2/c1-27(44)24-28-25-31-33(35-34-30(18-23-43(28)35)29-16-10-11-17-32(29)41-34)36(45)39-20-13-7-3-5-9-15-22-42(39)26-38(31)19-12-6-2-4-8-14-21-40-37(38)39/h2-3,6-7,10-11,16-17,28,31,33,35-37,40-41,45H,4-5,8-9,12-15,18-26H2,1H3/b6-2-,7-3-/t28-,31?,33?,35?,36?,37?,38?,39?/m0/s1. The Labute approximate surface area is 269 Å². The van der Waals surface area contributed by atoms with Crippen LogP contribution in [0, 0.1) is 17.3 Å². The number of aliphatic hydroxyl groups excluding tert-OH is 1. The first-order valence-corrected chi connectivity index (χ1v) is 18.4. The number of rotatable bonds is 2. The van der Waals surface area contributed by atoms with E-state index in [0.29, 0.717) is 18.1 Å². The van der Waals surface area contributed by atoms with Gasteiger partial charge in [0.15, 0.2) is 0 Å². The lowest BCUT2D eigenvalue weighted by molar-refractivity contribution is -0.174. The molecule has 6 aliphatic rings. The minimum atomic E-state index is -0.438. The Morgan fingerprint density at radius 1 is 0.978 bits per heavy atom. The third-order valence-electron chi connectivity index (χ3n) is 13.2. The number of hydrogen-bond donors (Lipinski definition) is 3. The van der Waals surface area contributed by atoms with Crippen LogP contribution < -0.4 is 5.32 Å². The number of allylic oxidation sites excluding steroid dienone is 4. The van der Waals surface area contributed by atoms with E-state index in [-0.39, 0.29) is 35.0 Å². The summed E-state index contributed by atoms with van der Waals surface area (Å²) >= 11 is 0. The highest BCUT2D eigenvalue weighted by molar-refractivity contribution is 5.85. The van der Waals surface area contributed by atoms with Crippen molar-refractivity contribution < 1.29 is 9.90 Å². The Hall–Kier alpha value is -2.25. The first-order valence-electron chi connectivity index (χ1n) is 18.4. The number of ketones is 1. The van der Waals surface area contributed by atoms with Gasteiger partial charge in [-0.3, -0.25) is 14.6 Å². The molecule has 0 amide bonds. The molecule has 2 bridgehead atoms. The van der Waals surface area contributed by atoms with Crippen LogP contribution in [-0.2, 0) is 11.2 Å². The predicted molar refractivity (Wildman–Crippen MR) is 181 cm³/mol. The number of carbonyl (C=O) groups is 1. The number of para-hydroxylation sites is 1. The largest absolute Gasteiger partial charge is 0.391 e. The maximum Gasteiger partial charge on any atom is 0.131 e. The molecular formula is C39H54N4O2. The lowest BCUT2D eigenvalue weighted by atomic mass is 9.48. The normalized spacial score (nSPS) is 40.6. The zero-order valence-corrected chi connectivity index (χ0v) is 27.4. The maximum absolute atomic E-state index is 13.3. The monoisotopic (exact) mass is 610 g/mol. The van der Waals surface area contributed by atoms with Gasteiger partial charge in [0.2, 0.25) is 0 Å². The molecule has 1 aromatic carbocycles. The van der Waals surface area contributed by atoms with Crippen LogP contribution in [0.2, 0.25) is 0 Å². The Balaban J connectivity index is 1.33. The van der Waals surface area contributed by atoms with Gasteiger partial charge in [-0.15, -0.1) is 0 Å². The summed E-state index contributed by atoms with van der Waals surface area (Å²) < 4.78 is 0. The first-order chi connectivity index (χ1) is 22.0. The van der Waals surface area contributed by atoms with Crippen LogP contribution in [0.3, 0.4) is 0 Å². The summed E-state index contributed by atoms with van der Waals surface area (Å²) in [6.45, 7) is 5.91. The Morgan fingerprint density at radius 2 is 1.76 bits per heavy atom. The van der Waals surface area contributed by atoms with E-state index in [1.807, 2.05) is 0 Å². The number of carbonyl (C=O) groups excluding carboxylic acids is 1. The number of H-pyrrole nitrogens is 1. The Bertz CT molecular complexity index is 1460. The highest BCUT2D eigenvalue weighted by Gasteiger charge is 2.74. The quantitative estimate of drug-likeness (QED) is 0.340. The third kappa shape index (κ3) is 4.76. The van der Waals surface area contributed by atoms with Gasteiger partial charge in [0, 0.05) is 59.5 Å². The molecule has 45 heavy (non-hydrogen) atoms. The molecule has 1 aromatic heterocycles. The molecule has 6 heteroatoms. The summed E-state index contributed by atoms with van der Waals surface area (Å²) in [7, 11) is 0. The van der Waals surface area contributed by atoms with Crippen molar-refractivity contribution in [2.75, 3.05) is 26.2 Å². The number of aliphatic hydroxyl groups is 1. The maximum atomic E-state index is 13.3. The average molecular weight is 611 g/mol. The van der Waals surface area contributed by atoms with Gasteiger partial charge in [0.25, 0.3) is 0 Å². The molecule has 7 unspecified atom stereocenters. The molecule has 1 spiro atoms. The van der Waals surface area contributed by atoms with Crippen LogP contribution in [0.4, 0.5) is 0 Å². The highest BCUT2D eigenvalue weighted by atomic mass is 16.3. The second-order valence-corrected chi connectivity index (χ2v) is 15.5. The van der Waals surface area contributed by atoms with Crippen molar-refractivity contribution in [3.05, 3.63) is 59.8 Å². The Morgan fingerprint density at radius 3 is 2.60 bits per heavy atom. The fraction of sp³-hybridized carbons (Fsp3) is 0.667. The van der Waals surface area contributed by atoms with Crippen LogP contribution in [0.1, 0.15) is 101 Å². The summed E-state index contributed by atoms with van der Waals surface area (Å²) in [6, 6.07) is 9.38. The van der Waals surface area contributed by atoms with Crippen molar-refractivity contribution in [1.29, 1.82) is 0 Å². The van der Waals surface area contributed by atoms with E-state index >= 15 is 0 Å². The molecule has 8 atom stereocenters. The fourth-order valence-electron chi connectivity index (χ4n) is 11.6. The number of fused-ring (bicyclic) bond motifs is 7. The van der Waals surface area contributed by atoms with Gasteiger partial charge in [0.1, 0.15) is 5.78 Å². The molecule has 5 aliphatic heterocycles. The molecule has 0 radical (unpaired) electrons. The van der Waals surface area contributed by atoms with Crippen LogP contribution in [0.25, 0.3) is 10.9 Å². The summed E-state index contributed by atoms with van der Waals surface area (Å²) in [5, 5.41) is 18.9. The number of hydrogen-bond acceptors (Lipinski definition) is 5. The van der Waals surface area contributed by atoms with Crippen molar-refractivity contribution in [2.24, 2.45) is 17.3 Å². The predicted octanol–water partition coefficient (Wildman–Crippen LogP) is 6.47. The minimum Gasteiger partial charge on any atom is -0.391 e. The van der Waals surface area contributed by atoms with Gasteiger partial charge in [-0.1, -0.05) is 42.5 Å². The molecule has 3 fully saturated rings. The molecule has 6 nitrogen and oxygen atoms in total. The van der Waals surface area contributed by atoms with E-state index < -0.39 is 6.10 Å². The van der Waals surface area contributed by atoms with Crippen molar-refractivity contribution >= 4 is 16.7 Å². The van der Waals surface area contributed by atoms with Gasteiger partial charge in [-0.2, -0.15) is 0 Å². The van der Waals surface area contributed by atoms with Gasteiger partial charge in [-0.05, 0) is 115 Å². The molecule has 2 saturated heterocycles. The number of aromatic amines is 1. The molecular weight excluding hydrogens is 556 g/mol. The summed E-state index contributed by atoms with van der Waals surface area (Å²) in [4.78, 5) is 22.3. The summed E-state index contributed by atoms with van der Waals surface area (Å²) in [6.07, 6.45) is 23.3. The van der Waals surface area contributed by atoms with E-state index in [2.05, 4.69) is 68.7 Å². The number of aromatic nitrogens is 1. The Kier molecular flexibility index (Phi) is 8.08. The number of Topliss-reactive ketones (excluding diaryl/α,β-unsaturated/α-hetero) is 1. The van der Waals surface area contributed by atoms with E-state index in [1.54, 1.807) is 6.92 Å². The van der Waals surface area contributed by atoms with Crippen LogP contribution >= 0.6 is 0 Å². The zero-order valence-electron chi connectivity index (χ0n) is 27.4. The molecule has 6 heterocycles. The van der Waals surface area contributed by atoms with E-state index in [4.69, 9.17) is 0 Å². The molecule has 8 rings (SSSR count). The third-order valence-corrected chi connectivity index (χ3v) is 13.2. The number of nitrogens with zero attached hydrogens (tertiary/aromatic N) is 2. The minimum absolute atomic E-state index is 0.0566. The molecule has 3 N–H and O–H groups in total. The topological polar surface area (TPSA) is 71.6 Å². The lowest BCUT2D eigenvalue weighted by Crippen LogP contribution is -2.74. The molecule has 242 valence electrons. The number of nitrogens with one attached hydrogen (secondary N) is 2. The second kappa shape index (κ2) is 12.1. The number of benzene rings is 1. The highest BCUT2D eigenvalue weighted by Crippen LogP contribution is 2.66. The molecule has 1 saturated carbocycles.